The number of nitrogens with zero attached hydrogens (tertiary/aromatic N) is 3. The molecule has 6 heteroatoms. The number of carbonyl (C=O) groups is 1. The lowest BCUT2D eigenvalue weighted by molar-refractivity contribution is -0.119. The lowest BCUT2D eigenvalue weighted by Crippen LogP contribution is -2.33. The van der Waals surface area contributed by atoms with Crippen LogP contribution >= 0.6 is 11.8 Å². The third-order valence-electron chi connectivity index (χ3n) is 3.77. The van der Waals surface area contributed by atoms with E-state index in [0.29, 0.717) is 12.3 Å². The maximum atomic E-state index is 12.1. The van der Waals surface area contributed by atoms with Crippen molar-refractivity contribution in [1.82, 2.24) is 20.1 Å². The summed E-state index contributed by atoms with van der Waals surface area (Å²) in [5.74, 6) is 1.15. The summed E-state index contributed by atoms with van der Waals surface area (Å²) in [6.07, 6.45) is 3.86. The van der Waals surface area contributed by atoms with Crippen LogP contribution in [0.3, 0.4) is 0 Å². The monoisotopic (exact) mass is 358 g/mol. The number of aromatic nitrogens is 3. The van der Waals surface area contributed by atoms with E-state index in [1.807, 2.05) is 29.7 Å². The molecular formula is C19H26N4OS. The smallest absolute Gasteiger partial charge is 0.230 e. The highest BCUT2D eigenvalue weighted by molar-refractivity contribution is 7.99. The largest absolute Gasteiger partial charge is 0.353 e. The first kappa shape index (κ1) is 19.2. The van der Waals surface area contributed by atoms with Crippen LogP contribution in [-0.4, -0.2) is 32.5 Å². The summed E-state index contributed by atoms with van der Waals surface area (Å²) in [5, 5.41) is 12.3. The van der Waals surface area contributed by atoms with E-state index in [1.54, 1.807) is 0 Å². The Labute approximate surface area is 153 Å². The van der Waals surface area contributed by atoms with Crippen LogP contribution in [0.2, 0.25) is 0 Å². The van der Waals surface area contributed by atoms with Crippen molar-refractivity contribution in [3.63, 3.8) is 0 Å². The van der Waals surface area contributed by atoms with E-state index in [0.717, 1.165) is 29.4 Å². The van der Waals surface area contributed by atoms with Crippen LogP contribution in [-0.2, 0) is 11.3 Å². The van der Waals surface area contributed by atoms with Crippen molar-refractivity contribution in [3.8, 4) is 11.4 Å². The quantitative estimate of drug-likeness (QED) is 0.546. The van der Waals surface area contributed by atoms with Gasteiger partial charge in [-0.2, -0.15) is 0 Å². The Hall–Kier alpha value is -2.08. The highest BCUT2D eigenvalue weighted by Crippen LogP contribution is 2.24. The molecule has 5 nitrogen and oxygen atoms in total. The Morgan fingerprint density at radius 1 is 1.44 bits per heavy atom. The second kappa shape index (κ2) is 9.42. The molecule has 0 saturated heterocycles. The van der Waals surface area contributed by atoms with E-state index in [9.17, 15) is 4.79 Å². The molecule has 0 bridgehead atoms. The molecule has 0 aliphatic carbocycles. The van der Waals surface area contributed by atoms with E-state index in [1.165, 1.54) is 17.3 Å². The van der Waals surface area contributed by atoms with Gasteiger partial charge >= 0.3 is 0 Å². The Bertz CT molecular complexity index is 726. The molecule has 0 aliphatic rings. The molecular weight excluding hydrogens is 332 g/mol. The summed E-state index contributed by atoms with van der Waals surface area (Å²) in [5.41, 5.74) is 2.19. The van der Waals surface area contributed by atoms with Gasteiger partial charge in [-0.05, 0) is 26.3 Å². The highest BCUT2D eigenvalue weighted by Gasteiger charge is 2.15. The molecule has 2 aromatic rings. The molecule has 0 saturated carbocycles. The number of amides is 1. The van der Waals surface area contributed by atoms with Crippen LogP contribution < -0.4 is 5.32 Å². The predicted molar refractivity (Wildman–Crippen MR) is 104 cm³/mol. The molecule has 134 valence electrons. The number of thioether (sulfide) groups is 1. The van der Waals surface area contributed by atoms with Crippen LogP contribution in [0.1, 0.15) is 32.3 Å². The van der Waals surface area contributed by atoms with Gasteiger partial charge in [0.1, 0.15) is 0 Å². The Balaban J connectivity index is 2.11. The number of hydrogen-bond donors (Lipinski definition) is 1. The summed E-state index contributed by atoms with van der Waals surface area (Å²) in [6.45, 7) is 10.6. The van der Waals surface area contributed by atoms with Gasteiger partial charge in [0.25, 0.3) is 0 Å². The SMILES string of the molecule is C=CCn1c(SCC(=O)N[C@H](C)CCC)nnc1-c1cccc(C)c1. The van der Waals surface area contributed by atoms with E-state index < -0.39 is 0 Å². The summed E-state index contributed by atoms with van der Waals surface area (Å²) < 4.78 is 2.00. The van der Waals surface area contributed by atoms with Gasteiger partial charge in [0.2, 0.25) is 5.91 Å². The third kappa shape index (κ3) is 5.46. The van der Waals surface area contributed by atoms with Gasteiger partial charge in [-0.15, -0.1) is 16.8 Å². The zero-order valence-electron chi connectivity index (χ0n) is 15.2. The lowest BCUT2D eigenvalue weighted by atomic mass is 10.1. The average Bonchev–Trinajstić information content (AvgIpc) is 2.96. The summed E-state index contributed by atoms with van der Waals surface area (Å²) in [6, 6.07) is 8.36. The number of allylic oxidation sites excluding steroid dienone is 1. The Morgan fingerprint density at radius 2 is 2.24 bits per heavy atom. The minimum absolute atomic E-state index is 0.0243. The van der Waals surface area contributed by atoms with Crippen LogP contribution in [0.5, 0.6) is 0 Å². The fourth-order valence-electron chi connectivity index (χ4n) is 2.64. The fraction of sp³-hybridized carbons (Fsp3) is 0.421. The summed E-state index contributed by atoms with van der Waals surface area (Å²) in [7, 11) is 0. The predicted octanol–water partition coefficient (Wildman–Crippen LogP) is 3.84. The van der Waals surface area contributed by atoms with Gasteiger partial charge in [0.15, 0.2) is 11.0 Å². The van der Waals surface area contributed by atoms with Gasteiger partial charge in [-0.3, -0.25) is 9.36 Å². The number of carbonyl (C=O) groups excluding carboxylic acids is 1. The Morgan fingerprint density at radius 3 is 2.92 bits per heavy atom. The molecule has 1 N–H and O–H groups in total. The minimum atomic E-state index is 0.0243. The topological polar surface area (TPSA) is 59.8 Å². The zero-order valence-corrected chi connectivity index (χ0v) is 16.0. The molecule has 1 aromatic heterocycles. The van der Waals surface area contributed by atoms with E-state index >= 15 is 0 Å². The van der Waals surface area contributed by atoms with Crippen LogP contribution in [0.15, 0.2) is 42.1 Å². The molecule has 2 rings (SSSR count). The number of rotatable bonds is 9. The third-order valence-corrected chi connectivity index (χ3v) is 4.73. The highest BCUT2D eigenvalue weighted by atomic mass is 32.2. The normalized spacial score (nSPS) is 12.0. The van der Waals surface area contributed by atoms with Gasteiger partial charge in [0.05, 0.1) is 5.75 Å². The second-order valence-corrected chi connectivity index (χ2v) is 7.06. The molecule has 0 spiro atoms. The van der Waals surface area contributed by atoms with Crippen molar-refractivity contribution < 1.29 is 4.79 Å². The molecule has 0 aliphatic heterocycles. The van der Waals surface area contributed by atoms with Crippen molar-refractivity contribution in [1.29, 1.82) is 0 Å². The molecule has 1 aromatic carbocycles. The van der Waals surface area contributed by atoms with Crippen molar-refractivity contribution >= 4 is 17.7 Å². The van der Waals surface area contributed by atoms with E-state index in [4.69, 9.17) is 0 Å². The molecule has 1 heterocycles. The van der Waals surface area contributed by atoms with Gasteiger partial charge in [-0.1, -0.05) is 54.9 Å². The fourth-order valence-corrected chi connectivity index (χ4v) is 3.40. The van der Waals surface area contributed by atoms with Crippen molar-refractivity contribution in [2.75, 3.05) is 5.75 Å². The van der Waals surface area contributed by atoms with Crippen LogP contribution in [0.4, 0.5) is 0 Å². The van der Waals surface area contributed by atoms with Crippen molar-refractivity contribution in [3.05, 3.63) is 42.5 Å². The molecule has 0 fully saturated rings. The lowest BCUT2D eigenvalue weighted by Gasteiger charge is -2.12. The number of hydrogen-bond acceptors (Lipinski definition) is 4. The first-order valence-electron chi connectivity index (χ1n) is 8.58. The van der Waals surface area contributed by atoms with Crippen molar-refractivity contribution in [2.45, 2.75) is 51.4 Å². The minimum Gasteiger partial charge on any atom is -0.353 e. The van der Waals surface area contributed by atoms with Gasteiger partial charge in [-0.25, -0.2) is 0 Å². The standard InChI is InChI=1S/C19H26N4OS/c1-5-8-15(4)20-17(24)13-25-19-22-21-18(23(19)11-6-2)16-10-7-9-14(3)12-16/h6-7,9-10,12,15H,2,5,8,11,13H2,1,3-4H3,(H,20,24)/t15-/m1/s1. The molecule has 25 heavy (non-hydrogen) atoms. The second-order valence-electron chi connectivity index (χ2n) is 6.12. The van der Waals surface area contributed by atoms with E-state index in [2.05, 4.69) is 48.1 Å². The van der Waals surface area contributed by atoms with Gasteiger partial charge in [0, 0.05) is 18.2 Å². The van der Waals surface area contributed by atoms with Gasteiger partial charge < -0.3 is 5.32 Å². The molecule has 0 radical (unpaired) electrons. The number of aryl methyl sites for hydroxylation is 1. The maximum absolute atomic E-state index is 12.1. The zero-order chi connectivity index (χ0) is 18.2. The summed E-state index contributed by atoms with van der Waals surface area (Å²) >= 11 is 1.40. The summed E-state index contributed by atoms with van der Waals surface area (Å²) in [4.78, 5) is 12.1. The maximum Gasteiger partial charge on any atom is 0.230 e. The first-order valence-corrected chi connectivity index (χ1v) is 9.57. The molecule has 1 amide bonds. The number of nitrogens with one attached hydrogen (secondary N) is 1. The van der Waals surface area contributed by atoms with Crippen molar-refractivity contribution in [2.24, 2.45) is 0 Å². The number of benzene rings is 1. The van der Waals surface area contributed by atoms with E-state index in [-0.39, 0.29) is 11.9 Å². The van der Waals surface area contributed by atoms with Crippen LogP contribution in [0.25, 0.3) is 11.4 Å². The Kier molecular flexibility index (Phi) is 7.25. The average molecular weight is 359 g/mol. The first-order chi connectivity index (χ1) is 12.0. The van der Waals surface area contributed by atoms with Crippen LogP contribution in [0, 0.1) is 6.92 Å². The molecule has 0 unspecified atom stereocenters. The molecule has 1 atom stereocenters.